The van der Waals surface area contributed by atoms with Crippen LogP contribution in [0.2, 0.25) is 10.0 Å². The van der Waals surface area contributed by atoms with Crippen molar-refractivity contribution in [2.45, 2.75) is 6.42 Å². The second-order valence-electron chi connectivity index (χ2n) is 4.91. The minimum absolute atomic E-state index is 0.245. The van der Waals surface area contributed by atoms with Gasteiger partial charge in [-0.3, -0.25) is 0 Å². The monoisotopic (exact) mass is 346 g/mol. The third-order valence-electron chi connectivity index (χ3n) is 3.11. The van der Waals surface area contributed by atoms with E-state index in [0.717, 1.165) is 11.1 Å². The summed E-state index contributed by atoms with van der Waals surface area (Å²) in [5, 5.41) is 19.6. The molecule has 0 heterocycles. The van der Waals surface area contributed by atoms with E-state index in [4.69, 9.17) is 28.3 Å². The number of benzene rings is 3. The summed E-state index contributed by atoms with van der Waals surface area (Å²) < 4.78 is 0. The Labute approximate surface area is 145 Å². The molecule has 0 aromatic heterocycles. The number of aromatic hydroxyl groups is 2. The molecule has 0 spiro atoms. The van der Waals surface area contributed by atoms with Crippen molar-refractivity contribution in [2.75, 3.05) is 0 Å². The summed E-state index contributed by atoms with van der Waals surface area (Å²) in [5.41, 5.74) is 2.02. The number of hydrogen-bond acceptors (Lipinski definition) is 2. The van der Waals surface area contributed by atoms with Crippen LogP contribution in [-0.4, -0.2) is 10.2 Å². The Kier molecular flexibility index (Phi) is 6.33. The second kappa shape index (κ2) is 8.47. The molecule has 0 unspecified atom stereocenters. The lowest BCUT2D eigenvalue weighted by molar-refractivity contribution is 0.469. The molecule has 0 fully saturated rings. The Morgan fingerprint density at radius 2 is 1.30 bits per heavy atom. The Hall–Kier alpha value is -2.16. The Balaban J connectivity index is 0.000000203. The molecule has 0 bridgehead atoms. The largest absolute Gasteiger partial charge is 0.508 e. The lowest BCUT2D eigenvalue weighted by Crippen LogP contribution is -1.88. The van der Waals surface area contributed by atoms with Gasteiger partial charge in [0.25, 0.3) is 0 Å². The summed E-state index contributed by atoms with van der Waals surface area (Å²) in [6.45, 7) is 0. The molecule has 0 aliphatic carbocycles. The topological polar surface area (TPSA) is 40.5 Å². The molecule has 0 aliphatic heterocycles. The summed E-state index contributed by atoms with van der Waals surface area (Å²) >= 11 is 11.4. The van der Waals surface area contributed by atoms with Crippen molar-refractivity contribution in [1.29, 1.82) is 0 Å². The molecule has 0 atom stereocenters. The van der Waals surface area contributed by atoms with E-state index in [9.17, 15) is 5.11 Å². The van der Waals surface area contributed by atoms with Crippen LogP contribution in [0.4, 0.5) is 0 Å². The molecule has 4 heteroatoms. The van der Waals surface area contributed by atoms with E-state index in [-0.39, 0.29) is 5.75 Å². The van der Waals surface area contributed by atoms with Crippen LogP contribution < -0.4 is 0 Å². The van der Waals surface area contributed by atoms with Crippen molar-refractivity contribution >= 4 is 23.2 Å². The van der Waals surface area contributed by atoms with Crippen LogP contribution in [-0.2, 0) is 6.42 Å². The highest BCUT2D eigenvalue weighted by Gasteiger charge is 2.02. The fourth-order valence-corrected chi connectivity index (χ4v) is 2.27. The fourth-order valence-electron chi connectivity index (χ4n) is 1.95. The predicted octanol–water partition coefficient (Wildman–Crippen LogP) is 5.68. The van der Waals surface area contributed by atoms with Crippen molar-refractivity contribution in [3.63, 3.8) is 0 Å². The van der Waals surface area contributed by atoms with Gasteiger partial charge in [-0.25, -0.2) is 0 Å². The normalized spacial score (nSPS) is 9.83. The third-order valence-corrected chi connectivity index (χ3v) is 3.59. The van der Waals surface area contributed by atoms with Gasteiger partial charge in [0.1, 0.15) is 11.5 Å². The molecule has 118 valence electrons. The number of rotatable bonds is 2. The summed E-state index contributed by atoms with van der Waals surface area (Å²) in [6, 6.07) is 21.5. The molecule has 3 rings (SSSR count). The minimum atomic E-state index is 0.245. The predicted molar refractivity (Wildman–Crippen MR) is 95.5 cm³/mol. The van der Waals surface area contributed by atoms with E-state index in [1.165, 1.54) is 0 Å². The minimum Gasteiger partial charge on any atom is -0.508 e. The molecule has 0 saturated carbocycles. The molecule has 3 aromatic rings. The summed E-state index contributed by atoms with van der Waals surface area (Å²) in [7, 11) is 0. The molecular formula is C19H16Cl2O2. The SMILES string of the molecule is Oc1ccc(Cl)cc1.Oc1ccc(Cl)cc1Cc1ccccc1. The van der Waals surface area contributed by atoms with Crippen LogP contribution in [0.1, 0.15) is 11.1 Å². The van der Waals surface area contributed by atoms with Crippen LogP contribution in [0.5, 0.6) is 11.5 Å². The van der Waals surface area contributed by atoms with E-state index in [1.807, 2.05) is 30.3 Å². The van der Waals surface area contributed by atoms with Crippen LogP contribution >= 0.6 is 23.2 Å². The number of hydrogen-bond donors (Lipinski definition) is 2. The van der Waals surface area contributed by atoms with Crippen LogP contribution in [0.15, 0.2) is 72.8 Å². The van der Waals surface area contributed by atoms with E-state index >= 15 is 0 Å². The second-order valence-corrected chi connectivity index (χ2v) is 5.78. The highest BCUT2D eigenvalue weighted by Crippen LogP contribution is 2.23. The summed E-state index contributed by atoms with van der Waals surface area (Å²) in [5.74, 6) is 0.539. The van der Waals surface area contributed by atoms with Gasteiger partial charge in [-0.05, 0) is 53.6 Å². The average molecular weight is 347 g/mol. The molecule has 0 amide bonds. The van der Waals surface area contributed by atoms with Gasteiger partial charge in [-0.1, -0.05) is 53.5 Å². The lowest BCUT2D eigenvalue weighted by Gasteiger charge is -2.05. The number of halogens is 2. The first-order valence-electron chi connectivity index (χ1n) is 7.00. The number of phenols is 2. The van der Waals surface area contributed by atoms with Gasteiger partial charge in [0.05, 0.1) is 0 Å². The number of phenolic OH excluding ortho intramolecular Hbond substituents is 2. The zero-order valence-electron chi connectivity index (χ0n) is 12.3. The lowest BCUT2D eigenvalue weighted by atomic mass is 10.0. The van der Waals surface area contributed by atoms with Crippen LogP contribution in [0.25, 0.3) is 0 Å². The van der Waals surface area contributed by atoms with Gasteiger partial charge in [-0.2, -0.15) is 0 Å². The maximum atomic E-state index is 9.64. The van der Waals surface area contributed by atoms with Gasteiger partial charge < -0.3 is 10.2 Å². The van der Waals surface area contributed by atoms with E-state index in [1.54, 1.807) is 42.5 Å². The molecular weight excluding hydrogens is 331 g/mol. The molecule has 2 nitrogen and oxygen atoms in total. The highest BCUT2D eigenvalue weighted by atomic mass is 35.5. The first kappa shape index (κ1) is 17.2. The zero-order chi connectivity index (χ0) is 16.7. The van der Waals surface area contributed by atoms with Crippen molar-refractivity contribution in [1.82, 2.24) is 0 Å². The first-order chi connectivity index (χ1) is 11.0. The smallest absolute Gasteiger partial charge is 0.119 e. The molecule has 23 heavy (non-hydrogen) atoms. The van der Waals surface area contributed by atoms with Gasteiger partial charge in [0.15, 0.2) is 0 Å². The van der Waals surface area contributed by atoms with Crippen molar-refractivity contribution in [3.8, 4) is 11.5 Å². The molecule has 2 N–H and O–H groups in total. The summed E-state index contributed by atoms with van der Waals surface area (Å²) in [4.78, 5) is 0. The third kappa shape index (κ3) is 5.85. The fraction of sp³-hybridized carbons (Fsp3) is 0.0526. The maximum Gasteiger partial charge on any atom is 0.119 e. The van der Waals surface area contributed by atoms with Gasteiger partial charge >= 0.3 is 0 Å². The summed E-state index contributed by atoms with van der Waals surface area (Å²) in [6.07, 6.45) is 0.702. The molecule has 0 radical (unpaired) electrons. The van der Waals surface area contributed by atoms with Gasteiger partial charge in [0.2, 0.25) is 0 Å². The first-order valence-corrected chi connectivity index (χ1v) is 7.76. The van der Waals surface area contributed by atoms with Crippen LogP contribution in [0.3, 0.4) is 0 Å². The van der Waals surface area contributed by atoms with E-state index in [0.29, 0.717) is 22.2 Å². The quantitative estimate of drug-likeness (QED) is 0.626. The van der Waals surface area contributed by atoms with Crippen LogP contribution in [0, 0.1) is 0 Å². The molecule has 3 aromatic carbocycles. The molecule has 0 aliphatic rings. The van der Waals surface area contributed by atoms with Gasteiger partial charge in [0, 0.05) is 16.5 Å². The standard InChI is InChI=1S/C13H11ClO.C6H5ClO/c14-12-6-7-13(15)11(9-12)8-10-4-2-1-3-5-10;7-5-1-3-6(8)4-2-5/h1-7,9,15H,8H2;1-4,8H. The van der Waals surface area contributed by atoms with Crippen molar-refractivity contribution < 1.29 is 10.2 Å². The Morgan fingerprint density at radius 3 is 1.91 bits per heavy atom. The highest BCUT2D eigenvalue weighted by molar-refractivity contribution is 6.30. The average Bonchev–Trinajstić information content (AvgIpc) is 2.55. The Morgan fingerprint density at radius 1 is 0.696 bits per heavy atom. The molecule has 0 saturated heterocycles. The van der Waals surface area contributed by atoms with Crippen molar-refractivity contribution in [3.05, 3.63) is 94.0 Å². The van der Waals surface area contributed by atoms with Crippen molar-refractivity contribution in [2.24, 2.45) is 0 Å². The van der Waals surface area contributed by atoms with Gasteiger partial charge in [-0.15, -0.1) is 0 Å². The zero-order valence-corrected chi connectivity index (χ0v) is 13.8. The maximum absolute atomic E-state index is 9.64. The Bertz CT molecular complexity index is 720. The van der Waals surface area contributed by atoms with E-state index < -0.39 is 0 Å². The van der Waals surface area contributed by atoms with E-state index in [2.05, 4.69) is 0 Å².